The predicted octanol–water partition coefficient (Wildman–Crippen LogP) is 6.19. The van der Waals surface area contributed by atoms with Crippen LogP contribution in [0.2, 0.25) is 10.0 Å². The van der Waals surface area contributed by atoms with Gasteiger partial charge >= 0.3 is 0 Å². The van der Waals surface area contributed by atoms with Gasteiger partial charge in [0.25, 0.3) is 0 Å². The fraction of sp³-hybridized carbons (Fsp3) is 0. The van der Waals surface area contributed by atoms with Crippen LogP contribution in [0.1, 0.15) is 16.9 Å². The van der Waals surface area contributed by atoms with E-state index in [9.17, 15) is 5.26 Å². The molecule has 120 valence electrons. The zero-order chi connectivity index (χ0) is 17.8. The third-order valence-corrected chi connectivity index (χ3v) is 4.30. The quantitative estimate of drug-likeness (QED) is 0.520. The molecule has 3 nitrogen and oxygen atoms in total. The number of benzene rings is 2. The molecule has 0 fully saturated rings. The zero-order valence-corrected chi connectivity index (χ0v) is 14.3. The molecule has 0 unspecified atom stereocenters. The summed E-state index contributed by atoms with van der Waals surface area (Å²) >= 11 is 12.0. The van der Waals surface area contributed by atoms with E-state index in [1.54, 1.807) is 54.6 Å². The van der Waals surface area contributed by atoms with Crippen LogP contribution in [0.3, 0.4) is 0 Å². The molecule has 0 radical (unpaired) electrons. The van der Waals surface area contributed by atoms with Crippen molar-refractivity contribution in [2.75, 3.05) is 0 Å². The topological polar surface area (TPSA) is 60.7 Å². The van der Waals surface area contributed by atoms with Gasteiger partial charge in [-0.2, -0.15) is 10.5 Å². The first kappa shape index (κ1) is 16.9. The highest BCUT2D eigenvalue weighted by Crippen LogP contribution is 2.30. The molecule has 25 heavy (non-hydrogen) atoms. The van der Waals surface area contributed by atoms with E-state index in [2.05, 4.69) is 6.07 Å². The minimum Gasteiger partial charge on any atom is -0.457 e. The van der Waals surface area contributed by atoms with Crippen LogP contribution in [0.4, 0.5) is 0 Å². The van der Waals surface area contributed by atoms with Gasteiger partial charge in [-0.3, -0.25) is 0 Å². The average molecular weight is 365 g/mol. The van der Waals surface area contributed by atoms with Crippen LogP contribution in [0.5, 0.6) is 0 Å². The maximum atomic E-state index is 9.40. The fourth-order valence-electron chi connectivity index (χ4n) is 2.28. The highest BCUT2D eigenvalue weighted by molar-refractivity contribution is 6.42. The molecule has 0 aliphatic carbocycles. The molecule has 0 amide bonds. The molecule has 3 rings (SSSR count). The van der Waals surface area contributed by atoms with Crippen molar-refractivity contribution in [1.29, 1.82) is 10.5 Å². The maximum Gasteiger partial charge on any atom is 0.134 e. The number of furan rings is 1. The molecule has 0 spiro atoms. The maximum absolute atomic E-state index is 9.40. The standard InChI is InChI=1S/C20H10Cl2N2O/c21-18-7-5-15(10-19(18)22)20-8-6-17(25-20)9-16(12-24)14-3-1-13(11-23)2-4-14/h1-10H/b16-9-. The summed E-state index contributed by atoms with van der Waals surface area (Å²) in [7, 11) is 0. The molecule has 2 aromatic carbocycles. The molecule has 0 saturated carbocycles. The summed E-state index contributed by atoms with van der Waals surface area (Å²) in [6.07, 6.45) is 1.66. The molecule has 0 N–H and O–H groups in total. The third-order valence-electron chi connectivity index (χ3n) is 3.56. The van der Waals surface area contributed by atoms with Crippen LogP contribution < -0.4 is 0 Å². The first-order chi connectivity index (χ1) is 12.1. The summed E-state index contributed by atoms with van der Waals surface area (Å²) in [4.78, 5) is 0. The van der Waals surface area contributed by atoms with Crippen molar-refractivity contribution in [2.45, 2.75) is 0 Å². The van der Waals surface area contributed by atoms with Crippen molar-refractivity contribution in [3.8, 4) is 23.5 Å². The molecule has 0 saturated heterocycles. The fourth-order valence-corrected chi connectivity index (χ4v) is 2.58. The van der Waals surface area contributed by atoms with Gasteiger partial charge in [-0.15, -0.1) is 0 Å². The number of nitriles is 2. The van der Waals surface area contributed by atoms with Crippen LogP contribution >= 0.6 is 23.2 Å². The Labute approximate surface area is 155 Å². The second-order valence-electron chi connectivity index (χ2n) is 5.19. The van der Waals surface area contributed by atoms with Gasteiger partial charge in [-0.1, -0.05) is 35.3 Å². The Kier molecular flexibility index (Phi) is 4.91. The SMILES string of the molecule is N#C/C(=C/c1ccc(-c2ccc(Cl)c(Cl)c2)o1)c1ccc(C#N)cc1. The lowest BCUT2D eigenvalue weighted by molar-refractivity contribution is 0.572. The van der Waals surface area contributed by atoms with Crippen LogP contribution in [0, 0.1) is 22.7 Å². The Morgan fingerprint density at radius 2 is 1.68 bits per heavy atom. The van der Waals surface area contributed by atoms with Crippen molar-refractivity contribution >= 4 is 34.9 Å². The molecule has 0 aliphatic heterocycles. The van der Waals surface area contributed by atoms with Crippen LogP contribution in [-0.2, 0) is 0 Å². The number of allylic oxidation sites excluding steroid dienone is 1. The van der Waals surface area contributed by atoms with Crippen LogP contribution in [0.25, 0.3) is 23.0 Å². The first-order valence-corrected chi connectivity index (χ1v) is 8.04. The lowest BCUT2D eigenvalue weighted by atomic mass is 10.0. The van der Waals surface area contributed by atoms with Crippen molar-refractivity contribution in [2.24, 2.45) is 0 Å². The molecule has 3 aromatic rings. The molecule has 1 heterocycles. The molecule has 0 aliphatic rings. The lowest BCUT2D eigenvalue weighted by Crippen LogP contribution is -1.82. The molecule has 5 heteroatoms. The largest absolute Gasteiger partial charge is 0.457 e. The Morgan fingerprint density at radius 1 is 0.920 bits per heavy atom. The number of nitrogens with zero attached hydrogens (tertiary/aromatic N) is 2. The summed E-state index contributed by atoms with van der Waals surface area (Å²) < 4.78 is 5.78. The Bertz CT molecular complexity index is 1030. The Balaban J connectivity index is 1.92. The summed E-state index contributed by atoms with van der Waals surface area (Å²) in [5.74, 6) is 1.17. The number of hydrogen-bond acceptors (Lipinski definition) is 3. The molecule has 0 atom stereocenters. The van der Waals surface area contributed by atoms with Gasteiger partial charge in [0.2, 0.25) is 0 Å². The van der Waals surface area contributed by atoms with Gasteiger partial charge < -0.3 is 4.42 Å². The summed E-state index contributed by atoms with van der Waals surface area (Å²) in [5.41, 5.74) is 2.50. The van der Waals surface area contributed by atoms with E-state index >= 15 is 0 Å². The summed E-state index contributed by atoms with van der Waals surface area (Å²) in [5, 5.41) is 19.2. The van der Waals surface area contributed by atoms with Gasteiger partial charge in [0.05, 0.1) is 33.3 Å². The van der Waals surface area contributed by atoms with Gasteiger partial charge in [-0.05, 0) is 54.1 Å². The van der Waals surface area contributed by atoms with E-state index in [0.29, 0.717) is 38.3 Å². The van der Waals surface area contributed by atoms with Crippen LogP contribution in [-0.4, -0.2) is 0 Å². The summed E-state index contributed by atoms with van der Waals surface area (Å²) in [6.45, 7) is 0. The lowest BCUT2D eigenvalue weighted by Gasteiger charge is -2.00. The van der Waals surface area contributed by atoms with Crippen LogP contribution in [0.15, 0.2) is 59.0 Å². The molecular formula is C20H10Cl2N2O. The van der Waals surface area contributed by atoms with E-state index in [-0.39, 0.29) is 0 Å². The Morgan fingerprint density at radius 3 is 2.32 bits per heavy atom. The number of rotatable bonds is 3. The van der Waals surface area contributed by atoms with E-state index in [1.165, 1.54) is 0 Å². The smallest absolute Gasteiger partial charge is 0.134 e. The zero-order valence-electron chi connectivity index (χ0n) is 12.8. The highest BCUT2D eigenvalue weighted by atomic mass is 35.5. The van der Waals surface area contributed by atoms with Crippen molar-refractivity contribution in [1.82, 2.24) is 0 Å². The van der Waals surface area contributed by atoms with E-state index in [0.717, 1.165) is 5.56 Å². The minimum absolute atomic E-state index is 0.444. The van der Waals surface area contributed by atoms with E-state index in [1.807, 2.05) is 12.1 Å². The van der Waals surface area contributed by atoms with Gasteiger partial charge in [0.1, 0.15) is 11.5 Å². The number of hydrogen-bond donors (Lipinski definition) is 0. The first-order valence-electron chi connectivity index (χ1n) is 7.28. The molecule has 0 bridgehead atoms. The normalized spacial score (nSPS) is 11.0. The van der Waals surface area contributed by atoms with E-state index < -0.39 is 0 Å². The third kappa shape index (κ3) is 3.75. The van der Waals surface area contributed by atoms with Crippen molar-refractivity contribution < 1.29 is 4.42 Å². The van der Waals surface area contributed by atoms with Gasteiger partial charge in [0.15, 0.2) is 0 Å². The van der Waals surface area contributed by atoms with E-state index in [4.69, 9.17) is 32.9 Å². The highest BCUT2D eigenvalue weighted by Gasteiger charge is 2.08. The minimum atomic E-state index is 0.444. The van der Waals surface area contributed by atoms with Gasteiger partial charge in [0, 0.05) is 5.56 Å². The summed E-state index contributed by atoms with van der Waals surface area (Å²) in [6, 6.07) is 19.8. The predicted molar refractivity (Wildman–Crippen MR) is 98.8 cm³/mol. The molecular weight excluding hydrogens is 355 g/mol. The second kappa shape index (κ2) is 7.28. The number of halogens is 2. The Hall–Kier alpha value is -2.98. The van der Waals surface area contributed by atoms with Crippen molar-refractivity contribution in [3.63, 3.8) is 0 Å². The van der Waals surface area contributed by atoms with Crippen molar-refractivity contribution in [3.05, 3.63) is 81.5 Å². The monoisotopic (exact) mass is 364 g/mol. The second-order valence-corrected chi connectivity index (χ2v) is 6.00. The van der Waals surface area contributed by atoms with Gasteiger partial charge in [-0.25, -0.2) is 0 Å². The average Bonchev–Trinajstić information content (AvgIpc) is 3.11. The molecule has 1 aromatic heterocycles.